The summed E-state index contributed by atoms with van der Waals surface area (Å²) in [4.78, 5) is 23.2. The highest BCUT2D eigenvalue weighted by Crippen LogP contribution is 2.35. The Morgan fingerprint density at radius 3 is 2.49 bits per heavy atom. The Kier molecular flexibility index (Phi) is 6.79. The molecular formula is C26H27Cl2N7OS. The minimum Gasteiger partial charge on any atom is -0.611 e. The predicted molar refractivity (Wildman–Crippen MR) is 151 cm³/mol. The largest absolute Gasteiger partial charge is 0.611 e. The lowest BCUT2D eigenvalue weighted by Crippen LogP contribution is -2.47. The van der Waals surface area contributed by atoms with Gasteiger partial charge in [0.25, 0.3) is 0 Å². The number of aromatic amines is 1. The molecule has 1 unspecified atom stereocenters. The van der Waals surface area contributed by atoms with Crippen LogP contribution in [0.5, 0.6) is 0 Å². The lowest BCUT2D eigenvalue weighted by molar-refractivity contribution is 0.597. The number of piperazine rings is 1. The molecule has 6 rings (SSSR count). The SMILES string of the molecule is CC[C@H](Nc1nc(N2CCN(c3ccc(Cl)cc3)CC2)nc2c1[S+]([O-])CC2)c1nc2ccc(Cl)cc2[nH]1. The minimum atomic E-state index is -1.12. The average molecular weight is 557 g/mol. The molecule has 11 heteroatoms. The molecule has 0 aliphatic carbocycles. The lowest BCUT2D eigenvalue weighted by Gasteiger charge is -2.36. The molecule has 0 spiro atoms. The summed E-state index contributed by atoms with van der Waals surface area (Å²) in [5.74, 6) is 2.70. The zero-order chi connectivity index (χ0) is 25.5. The monoisotopic (exact) mass is 555 g/mol. The molecule has 1 saturated heterocycles. The molecular weight excluding hydrogens is 529 g/mol. The van der Waals surface area contributed by atoms with Gasteiger partial charge in [0.1, 0.15) is 17.3 Å². The second kappa shape index (κ2) is 10.2. The van der Waals surface area contributed by atoms with Crippen LogP contribution in [0.15, 0.2) is 47.4 Å². The van der Waals surface area contributed by atoms with Crippen LogP contribution in [-0.4, -0.2) is 56.4 Å². The average Bonchev–Trinajstić information content (AvgIpc) is 3.50. The van der Waals surface area contributed by atoms with Gasteiger partial charge < -0.3 is 24.7 Å². The van der Waals surface area contributed by atoms with Gasteiger partial charge in [-0.3, -0.25) is 0 Å². The summed E-state index contributed by atoms with van der Waals surface area (Å²) < 4.78 is 12.9. The van der Waals surface area contributed by atoms with Crippen LogP contribution in [-0.2, 0) is 17.6 Å². The lowest BCUT2D eigenvalue weighted by atomic mass is 10.2. The molecule has 0 radical (unpaired) electrons. The van der Waals surface area contributed by atoms with Gasteiger partial charge in [0.05, 0.1) is 17.1 Å². The van der Waals surface area contributed by atoms with E-state index in [0.717, 1.165) is 70.8 Å². The molecule has 8 nitrogen and oxygen atoms in total. The Morgan fingerprint density at radius 2 is 1.73 bits per heavy atom. The van der Waals surface area contributed by atoms with Crippen molar-refractivity contribution < 1.29 is 4.55 Å². The minimum absolute atomic E-state index is 0.127. The molecule has 2 aromatic heterocycles. The maximum absolute atomic E-state index is 12.9. The Morgan fingerprint density at radius 1 is 1.00 bits per heavy atom. The van der Waals surface area contributed by atoms with E-state index in [1.807, 2.05) is 30.3 Å². The summed E-state index contributed by atoms with van der Waals surface area (Å²) in [5, 5.41) is 4.95. The fourth-order valence-electron chi connectivity index (χ4n) is 4.94. The third kappa shape index (κ3) is 4.93. The number of aryl methyl sites for hydroxylation is 1. The van der Waals surface area contributed by atoms with Crippen LogP contribution in [0, 0.1) is 0 Å². The van der Waals surface area contributed by atoms with Gasteiger partial charge in [-0.05, 0) is 60.1 Å². The molecule has 0 saturated carbocycles. The third-order valence-electron chi connectivity index (χ3n) is 6.94. The molecule has 4 aromatic rings. The molecule has 2 aromatic carbocycles. The number of anilines is 3. The molecule has 1 fully saturated rings. The van der Waals surface area contributed by atoms with Gasteiger partial charge in [-0.15, -0.1) is 0 Å². The van der Waals surface area contributed by atoms with Gasteiger partial charge in [0, 0.05) is 48.3 Å². The maximum Gasteiger partial charge on any atom is 0.228 e. The van der Waals surface area contributed by atoms with E-state index in [9.17, 15) is 4.55 Å². The summed E-state index contributed by atoms with van der Waals surface area (Å²) in [7, 11) is 0. The van der Waals surface area contributed by atoms with Crippen LogP contribution in [0.3, 0.4) is 0 Å². The number of aromatic nitrogens is 4. The molecule has 192 valence electrons. The summed E-state index contributed by atoms with van der Waals surface area (Å²) in [6.45, 7) is 5.40. The quantitative estimate of drug-likeness (QED) is 0.315. The van der Waals surface area contributed by atoms with E-state index in [-0.39, 0.29) is 6.04 Å². The smallest absolute Gasteiger partial charge is 0.228 e. The van der Waals surface area contributed by atoms with Gasteiger partial charge in [0.2, 0.25) is 10.8 Å². The highest BCUT2D eigenvalue weighted by atomic mass is 35.5. The van der Waals surface area contributed by atoms with Gasteiger partial charge in [-0.2, -0.15) is 4.98 Å². The molecule has 37 heavy (non-hydrogen) atoms. The normalized spacial score (nSPS) is 18.3. The molecule has 2 aliphatic heterocycles. The van der Waals surface area contributed by atoms with Crippen LogP contribution in [0.1, 0.15) is 30.9 Å². The van der Waals surface area contributed by atoms with E-state index in [1.54, 1.807) is 0 Å². The summed E-state index contributed by atoms with van der Waals surface area (Å²) >= 11 is 11.1. The highest BCUT2D eigenvalue weighted by molar-refractivity contribution is 7.91. The second-order valence-electron chi connectivity index (χ2n) is 9.29. The van der Waals surface area contributed by atoms with Crippen LogP contribution < -0.4 is 15.1 Å². The van der Waals surface area contributed by atoms with Crippen LogP contribution in [0.4, 0.5) is 17.5 Å². The highest BCUT2D eigenvalue weighted by Gasteiger charge is 2.34. The molecule has 0 amide bonds. The number of fused-ring (bicyclic) bond motifs is 2. The summed E-state index contributed by atoms with van der Waals surface area (Å²) in [6.07, 6.45) is 1.46. The number of benzene rings is 2. The van der Waals surface area contributed by atoms with Crippen LogP contribution >= 0.6 is 23.2 Å². The third-order valence-corrected chi connectivity index (χ3v) is 8.89. The van der Waals surface area contributed by atoms with Gasteiger partial charge in [-0.25, -0.2) is 9.97 Å². The molecule has 2 aliphatic rings. The van der Waals surface area contributed by atoms with Gasteiger partial charge in [0.15, 0.2) is 5.82 Å². The van der Waals surface area contributed by atoms with Crippen molar-refractivity contribution in [2.45, 2.75) is 30.7 Å². The van der Waals surface area contributed by atoms with Crippen molar-refractivity contribution in [1.29, 1.82) is 0 Å². The zero-order valence-electron chi connectivity index (χ0n) is 20.4. The number of nitrogens with one attached hydrogen (secondary N) is 2. The summed E-state index contributed by atoms with van der Waals surface area (Å²) in [6, 6.07) is 13.4. The number of imidazole rings is 1. The Hall–Kier alpha value is -2.72. The topological polar surface area (TPSA) is 96.0 Å². The number of hydrogen-bond acceptors (Lipinski definition) is 7. The number of H-pyrrole nitrogens is 1. The van der Waals surface area contributed by atoms with Crippen LogP contribution in [0.2, 0.25) is 10.0 Å². The van der Waals surface area contributed by atoms with E-state index in [4.69, 9.17) is 38.2 Å². The standard InChI is InChI=1S/C26H27Cl2N7OS/c1-2-19(24-30-20-8-5-17(28)15-22(20)31-24)29-25-23-21(9-14-37(23)36)32-26(33-25)35-12-10-34(11-13-35)18-6-3-16(27)4-7-18/h3-8,15,19H,2,9-14H2,1H3,(H,30,31)(H,29,32,33)/t19-,37?/m0/s1. The molecule has 0 bridgehead atoms. The van der Waals surface area contributed by atoms with Gasteiger partial charge in [-0.1, -0.05) is 30.1 Å². The number of halogens is 2. The van der Waals surface area contributed by atoms with Crippen molar-refractivity contribution in [1.82, 2.24) is 19.9 Å². The van der Waals surface area contributed by atoms with Crippen molar-refractivity contribution in [3.05, 3.63) is 64.0 Å². The molecule has 4 heterocycles. The molecule has 2 N–H and O–H groups in total. The van der Waals surface area contributed by atoms with E-state index in [2.05, 4.69) is 39.2 Å². The predicted octanol–water partition coefficient (Wildman–Crippen LogP) is 5.21. The Bertz CT molecular complexity index is 1420. The maximum atomic E-state index is 12.9. The fourth-order valence-corrected chi connectivity index (χ4v) is 6.55. The van der Waals surface area contributed by atoms with Crippen molar-refractivity contribution in [2.75, 3.05) is 47.0 Å². The first-order valence-electron chi connectivity index (χ1n) is 12.4. The van der Waals surface area contributed by atoms with Crippen molar-refractivity contribution in [3.8, 4) is 0 Å². The van der Waals surface area contributed by atoms with E-state index in [0.29, 0.717) is 29.0 Å². The van der Waals surface area contributed by atoms with Crippen LogP contribution in [0.25, 0.3) is 11.0 Å². The van der Waals surface area contributed by atoms with E-state index >= 15 is 0 Å². The van der Waals surface area contributed by atoms with Crippen molar-refractivity contribution in [2.24, 2.45) is 0 Å². The number of rotatable bonds is 6. The van der Waals surface area contributed by atoms with Crippen molar-refractivity contribution in [3.63, 3.8) is 0 Å². The number of hydrogen-bond donors (Lipinski definition) is 2. The Balaban J connectivity index is 1.25. The summed E-state index contributed by atoms with van der Waals surface area (Å²) in [5.41, 5.74) is 3.78. The first-order valence-corrected chi connectivity index (χ1v) is 14.5. The Labute approximate surface area is 228 Å². The first kappa shape index (κ1) is 24.6. The van der Waals surface area contributed by atoms with E-state index < -0.39 is 11.2 Å². The first-order chi connectivity index (χ1) is 18.0. The zero-order valence-corrected chi connectivity index (χ0v) is 22.7. The second-order valence-corrected chi connectivity index (χ2v) is 11.7. The molecule has 2 atom stereocenters. The van der Waals surface area contributed by atoms with E-state index in [1.165, 1.54) is 0 Å². The van der Waals surface area contributed by atoms with Crippen molar-refractivity contribution >= 4 is 62.9 Å². The fraction of sp³-hybridized carbons (Fsp3) is 0.346. The number of nitrogens with zero attached hydrogens (tertiary/aromatic N) is 5. The van der Waals surface area contributed by atoms with Gasteiger partial charge >= 0.3 is 0 Å².